The highest BCUT2D eigenvalue weighted by molar-refractivity contribution is 6.32. The first kappa shape index (κ1) is 20.0. The number of Topliss-reactive ketones (excluding diaryl/α,β-unsaturated/α-hetero) is 1. The van der Waals surface area contributed by atoms with Crippen molar-refractivity contribution >= 4 is 17.3 Å². The van der Waals surface area contributed by atoms with Crippen LogP contribution in [0.5, 0.6) is 28.7 Å². The molecule has 0 bridgehead atoms. The lowest BCUT2D eigenvalue weighted by molar-refractivity contribution is 0.0974. The number of benzene rings is 3. The largest absolute Gasteiger partial charge is 0.507 e. The minimum Gasteiger partial charge on any atom is -0.507 e. The van der Waals surface area contributed by atoms with Crippen molar-refractivity contribution in [3.63, 3.8) is 0 Å². The lowest BCUT2D eigenvalue weighted by Crippen LogP contribution is -2.22. The van der Waals surface area contributed by atoms with E-state index in [4.69, 9.17) is 0 Å². The van der Waals surface area contributed by atoms with E-state index in [1.807, 2.05) is 0 Å². The van der Waals surface area contributed by atoms with Gasteiger partial charge in [0.15, 0.2) is 11.6 Å². The number of phenolic OH excluding ortho intramolecular Hbond substituents is 5. The molecule has 0 fully saturated rings. The van der Waals surface area contributed by atoms with Crippen LogP contribution in [0.2, 0.25) is 0 Å². The van der Waals surface area contributed by atoms with Crippen molar-refractivity contribution in [2.45, 2.75) is 13.8 Å². The Hall–Kier alpha value is -4.33. The highest BCUT2D eigenvalue weighted by atomic mass is 16.3. The van der Waals surface area contributed by atoms with E-state index < -0.39 is 57.2 Å². The molecule has 0 amide bonds. The van der Waals surface area contributed by atoms with Gasteiger partial charge in [0.25, 0.3) is 0 Å². The number of fused-ring (bicyclic) bond motifs is 2. The summed E-state index contributed by atoms with van der Waals surface area (Å²) in [7, 11) is 0. The van der Waals surface area contributed by atoms with Gasteiger partial charge >= 0.3 is 0 Å². The summed E-state index contributed by atoms with van der Waals surface area (Å²) in [6, 6.07) is 5.96. The average molecular weight is 420 g/mol. The summed E-state index contributed by atoms with van der Waals surface area (Å²) in [5.41, 5.74) is -1.78. The van der Waals surface area contributed by atoms with Crippen molar-refractivity contribution in [2.75, 3.05) is 0 Å². The summed E-state index contributed by atoms with van der Waals surface area (Å²) in [6.45, 7) is 2.58. The Kier molecular flexibility index (Phi) is 4.25. The number of ketones is 3. The van der Waals surface area contributed by atoms with Crippen LogP contribution in [-0.2, 0) is 0 Å². The summed E-state index contributed by atoms with van der Waals surface area (Å²) < 4.78 is 0. The number of carbonyl (C=O) groups is 3. The standard InChI is InChI=1S/C23H16O8/c1-8-6-12(26)19-20(21(29)10-4-3-5-11(25)17(10)23(19)31)15(8)18-14(28)7-13(27)16(9(2)24)22(18)30/h3-7,25-28,30H,1-2H3. The van der Waals surface area contributed by atoms with E-state index in [0.717, 1.165) is 13.0 Å². The molecule has 0 aromatic heterocycles. The Bertz CT molecular complexity index is 1350. The molecule has 0 atom stereocenters. The monoisotopic (exact) mass is 420 g/mol. The van der Waals surface area contributed by atoms with Crippen molar-refractivity contribution < 1.29 is 39.9 Å². The Morgan fingerprint density at radius 3 is 2.00 bits per heavy atom. The smallest absolute Gasteiger partial charge is 0.201 e. The van der Waals surface area contributed by atoms with E-state index in [2.05, 4.69) is 0 Å². The Balaban J connectivity index is 2.17. The maximum Gasteiger partial charge on any atom is 0.201 e. The fourth-order valence-corrected chi connectivity index (χ4v) is 4.04. The summed E-state index contributed by atoms with van der Waals surface area (Å²) in [4.78, 5) is 38.4. The number of hydrogen-bond acceptors (Lipinski definition) is 8. The highest BCUT2D eigenvalue weighted by Crippen LogP contribution is 2.50. The SMILES string of the molecule is CC(=O)c1c(O)cc(O)c(-c2c(C)cc(O)c3c2C(=O)c2cccc(O)c2C3=O)c1O. The van der Waals surface area contributed by atoms with Gasteiger partial charge in [-0.1, -0.05) is 12.1 Å². The second-order valence-electron chi connectivity index (χ2n) is 7.27. The maximum absolute atomic E-state index is 13.4. The summed E-state index contributed by atoms with van der Waals surface area (Å²) >= 11 is 0. The van der Waals surface area contributed by atoms with E-state index in [-0.39, 0.29) is 33.4 Å². The third kappa shape index (κ3) is 2.65. The van der Waals surface area contributed by atoms with E-state index in [0.29, 0.717) is 0 Å². The predicted molar refractivity (Wildman–Crippen MR) is 108 cm³/mol. The molecule has 3 aromatic carbocycles. The molecule has 0 saturated heterocycles. The minimum atomic E-state index is -0.814. The Morgan fingerprint density at radius 1 is 0.710 bits per heavy atom. The van der Waals surface area contributed by atoms with Crippen LogP contribution in [0.4, 0.5) is 0 Å². The number of phenols is 5. The molecule has 8 heteroatoms. The van der Waals surface area contributed by atoms with Crippen LogP contribution >= 0.6 is 0 Å². The normalized spacial score (nSPS) is 12.5. The molecule has 3 aromatic rings. The van der Waals surface area contributed by atoms with Crippen LogP contribution in [0.25, 0.3) is 11.1 Å². The first-order valence-corrected chi connectivity index (χ1v) is 9.13. The van der Waals surface area contributed by atoms with Gasteiger partial charge in [-0.2, -0.15) is 0 Å². The maximum atomic E-state index is 13.4. The van der Waals surface area contributed by atoms with Crippen LogP contribution in [0, 0.1) is 6.92 Å². The molecular formula is C23H16O8. The lowest BCUT2D eigenvalue weighted by atomic mass is 9.77. The van der Waals surface area contributed by atoms with Crippen molar-refractivity contribution in [2.24, 2.45) is 0 Å². The number of aryl methyl sites for hydroxylation is 1. The summed E-state index contributed by atoms with van der Waals surface area (Å²) in [6.07, 6.45) is 0. The molecular weight excluding hydrogens is 404 g/mol. The van der Waals surface area contributed by atoms with E-state index >= 15 is 0 Å². The van der Waals surface area contributed by atoms with Gasteiger partial charge in [0.1, 0.15) is 34.3 Å². The molecule has 0 saturated carbocycles. The molecule has 0 unspecified atom stereocenters. The fourth-order valence-electron chi connectivity index (χ4n) is 4.04. The molecule has 8 nitrogen and oxygen atoms in total. The molecule has 0 radical (unpaired) electrons. The van der Waals surface area contributed by atoms with E-state index in [1.54, 1.807) is 0 Å². The third-order valence-electron chi connectivity index (χ3n) is 5.33. The quantitative estimate of drug-likeness (QED) is 0.310. The minimum absolute atomic E-state index is 0.0855. The predicted octanol–water partition coefficient (Wildman–Crippen LogP) is 3.17. The van der Waals surface area contributed by atoms with Crippen LogP contribution in [0.3, 0.4) is 0 Å². The van der Waals surface area contributed by atoms with Gasteiger partial charge in [0.05, 0.1) is 16.7 Å². The number of hydrogen-bond donors (Lipinski definition) is 5. The number of carbonyl (C=O) groups excluding carboxylic acids is 3. The zero-order valence-corrected chi connectivity index (χ0v) is 16.3. The number of rotatable bonds is 2. The zero-order valence-electron chi connectivity index (χ0n) is 16.3. The van der Waals surface area contributed by atoms with Crippen LogP contribution in [0.15, 0.2) is 30.3 Å². The van der Waals surface area contributed by atoms with Crippen LogP contribution in [0.1, 0.15) is 54.7 Å². The van der Waals surface area contributed by atoms with E-state index in [9.17, 15) is 39.9 Å². The topological polar surface area (TPSA) is 152 Å². The van der Waals surface area contributed by atoms with Gasteiger partial charge in [-0.25, -0.2) is 0 Å². The second kappa shape index (κ2) is 6.60. The third-order valence-corrected chi connectivity index (χ3v) is 5.33. The first-order chi connectivity index (χ1) is 14.6. The Labute approximate surface area is 175 Å². The van der Waals surface area contributed by atoms with Crippen LogP contribution < -0.4 is 0 Å². The Morgan fingerprint density at radius 2 is 1.35 bits per heavy atom. The molecule has 156 valence electrons. The molecule has 4 rings (SSSR count). The summed E-state index contributed by atoms with van der Waals surface area (Å²) in [5, 5.41) is 51.8. The first-order valence-electron chi connectivity index (χ1n) is 9.13. The fraction of sp³-hybridized carbons (Fsp3) is 0.0870. The average Bonchev–Trinajstić information content (AvgIpc) is 2.66. The van der Waals surface area contributed by atoms with Gasteiger partial charge in [0.2, 0.25) is 5.78 Å². The molecule has 1 aliphatic rings. The van der Waals surface area contributed by atoms with Crippen molar-refractivity contribution in [1.29, 1.82) is 0 Å². The van der Waals surface area contributed by atoms with E-state index in [1.165, 1.54) is 31.2 Å². The van der Waals surface area contributed by atoms with Gasteiger partial charge in [-0.05, 0) is 31.5 Å². The van der Waals surface area contributed by atoms with Crippen molar-refractivity contribution in [3.8, 4) is 39.9 Å². The van der Waals surface area contributed by atoms with Gasteiger partial charge in [-0.3, -0.25) is 14.4 Å². The molecule has 31 heavy (non-hydrogen) atoms. The molecule has 1 aliphatic carbocycles. The summed E-state index contributed by atoms with van der Waals surface area (Å²) in [5.74, 6) is -5.27. The van der Waals surface area contributed by atoms with Gasteiger partial charge in [0, 0.05) is 22.8 Å². The van der Waals surface area contributed by atoms with Gasteiger partial charge in [-0.15, -0.1) is 0 Å². The molecule has 0 spiro atoms. The second-order valence-corrected chi connectivity index (χ2v) is 7.27. The van der Waals surface area contributed by atoms with Crippen molar-refractivity contribution in [1.82, 2.24) is 0 Å². The van der Waals surface area contributed by atoms with Crippen molar-refractivity contribution in [3.05, 3.63) is 63.7 Å². The zero-order chi connectivity index (χ0) is 22.8. The van der Waals surface area contributed by atoms with Gasteiger partial charge < -0.3 is 25.5 Å². The highest BCUT2D eigenvalue weighted by Gasteiger charge is 2.38. The molecule has 0 aliphatic heterocycles. The lowest BCUT2D eigenvalue weighted by Gasteiger charge is -2.24. The number of aromatic hydroxyl groups is 5. The molecule has 5 N–H and O–H groups in total. The molecule has 0 heterocycles. The van der Waals surface area contributed by atoms with Crippen LogP contribution in [-0.4, -0.2) is 42.9 Å².